The Morgan fingerprint density at radius 1 is 1.35 bits per heavy atom. The molecule has 1 amide bonds. The van der Waals surface area contributed by atoms with Crippen molar-refractivity contribution < 1.29 is 9.90 Å². The second-order valence-electron chi connectivity index (χ2n) is 3.36. The lowest BCUT2D eigenvalue weighted by molar-refractivity contribution is 0.102. The van der Waals surface area contributed by atoms with E-state index in [0.29, 0.717) is 11.3 Å². The molecule has 0 aliphatic rings. The molecule has 0 fully saturated rings. The van der Waals surface area contributed by atoms with Crippen molar-refractivity contribution in [3.05, 3.63) is 53.3 Å². The van der Waals surface area contributed by atoms with Crippen LogP contribution in [0.1, 0.15) is 10.4 Å². The lowest BCUT2D eigenvalue weighted by atomic mass is 10.2. The number of hydrogen-bond acceptors (Lipinski definition) is 3. The van der Waals surface area contributed by atoms with Gasteiger partial charge < -0.3 is 10.4 Å². The molecule has 0 atom stereocenters. The number of pyridine rings is 1. The lowest BCUT2D eigenvalue weighted by Crippen LogP contribution is -2.12. The Hall–Kier alpha value is -2.07. The first-order valence-electron chi connectivity index (χ1n) is 4.87. The Morgan fingerprint density at radius 2 is 2.18 bits per heavy atom. The number of nitrogens with one attached hydrogen (secondary N) is 1. The number of carbonyl (C=O) groups is 1. The normalized spacial score (nSPS) is 9.94. The number of hydrogen-bond donors (Lipinski definition) is 2. The van der Waals surface area contributed by atoms with Crippen LogP contribution in [0.25, 0.3) is 0 Å². The van der Waals surface area contributed by atoms with E-state index in [0.717, 1.165) is 0 Å². The second kappa shape index (κ2) is 4.84. The van der Waals surface area contributed by atoms with Crippen molar-refractivity contribution in [1.29, 1.82) is 0 Å². The summed E-state index contributed by atoms with van der Waals surface area (Å²) in [5.74, 6) is -0.250. The van der Waals surface area contributed by atoms with Crippen LogP contribution in [0.2, 0.25) is 5.02 Å². The van der Waals surface area contributed by atoms with Gasteiger partial charge in [-0.3, -0.25) is 9.78 Å². The van der Waals surface area contributed by atoms with E-state index in [4.69, 9.17) is 11.6 Å². The molecule has 0 unspecified atom stereocenters. The van der Waals surface area contributed by atoms with Crippen molar-refractivity contribution in [1.82, 2.24) is 4.98 Å². The van der Waals surface area contributed by atoms with Gasteiger partial charge in [-0.25, -0.2) is 0 Å². The van der Waals surface area contributed by atoms with E-state index in [1.165, 1.54) is 24.4 Å². The monoisotopic (exact) mass is 248 g/mol. The zero-order valence-electron chi connectivity index (χ0n) is 8.72. The van der Waals surface area contributed by atoms with Crippen LogP contribution in [-0.4, -0.2) is 16.0 Å². The third kappa shape index (κ3) is 2.73. The Kier molecular flexibility index (Phi) is 3.25. The van der Waals surface area contributed by atoms with E-state index in [1.807, 2.05) is 0 Å². The van der Waals surface area contributed by atoms with Crippen LogP contribution in [0.4, 0.5) is 5.69 Å². The van der Waals surface area contributed by atoms with Crippen molar-refractivity contribution in [2.24, 2.45) is 0 Å². The van der Waals surface area contributed by atoms with Crippen LogP contribution in [0.5, 0.6) is 5.75 Å². The van der Waals surface area contributed by atoms with Crippen LogP contribution in [-0.2, 0) is 0 Å². The topological polar surface area (TPSA) is 62.2 Å². The summed E-state index contributed by atoms with van der Waals surface area (Å²) in [7, 11) is 0. The van der Waals surface area contributed by atoms with Gasteiger partial charge in [0, 0.05) is 18.5 Å². The number of phenolic OH excluding ortho intramolecular Hbond substituents is 1. The molecule has 0 aliphatic heterocycles. The van der Waals surface area contributed by atoms with Crippen LogP contribution < -0.4 is 5.32 Å². The van der Waals surface area contributed by atoms with Crippen molar-refractivity contribution in [2.45, 2.75) is 0 Å². The average Bonchev–Trinajstić information content (AvgIpc) is 2.34. The number of rotatable bonds is 2. The summed E-state index contributed by atoms with van der Waals surface area (Å²) in [6, 6.07) is 7.67. The molecular weight excluding hydrogens is 240 g/mol. The maximum atomic E-state index is 11.8. The summed E-state index contributed by atoms with van der Waals surface area (Å²) in [6.07, 6.45) is 3.05. The average molecular weight is 249 g/mol. The quantitative estimate of drug-likeness (QED) is 0.804. The smallest absolute Gasteiger partial charge is 0.257 e. The molecule has 1 aromatic heterocycles. The molecule has 1 aromatic carbocycles. The molecule has 86 valence electrons. The first-order chi connectivity index (χ1) is 8.16. The highest BCUT2D eigenvalue weighted by Crippen LogP contribution is 2.26. The molecule has 4 nitrogen and oxygen atoms in total. The van der Waals surface area contributed by atoms with Crippen LogP contribution in [0.3, 0.4) is 0 Å². The molecule has 5 heteroatoms. The molecule has 2 N–H and O–H groups in total. The third-order valence-electron chi connectivity index (χ3n) is 2.12. The summed E-state index contributed by atoms with van der Waals surface area (Å²) >= 11 is 5.87. The molecule has 0 saturated carbocycles. The van der Waals surface area contributed by atoms with Crippen molar-refractivity contribution in [2.75, 3.05) is 5.32 Å². The number of halogens is 1. The fraction of sp³-hybridized carbons (Fsp3) is 0. The van der Waals surface area contributed by atoms with Gasteiger partial charge in [0.1, 0.15) is 5.75 Å². The fourth-order valence-corrected chi connectivity index (χ4v) is 1.52. The molecule has 0 aliphatic carbocycles. The van der Waals surface area contributed by atoms with Gasteiger partial charge in [-0.1, -0.05) is 11.6 Å². The Labute approximate surface area is 103 Å². The molecule has 0 spiro atoms. The molecule has 0 saturated heterocycles. The Balaban J connectivity index is 2.19. The van der Waals surface area contributed by atoms with Gasteiger partial charge >= 0.3 is 0 Å². The molecule has 0 radical (unpaired) electrons. The maximum absolute atomic E-state index is 11.8. The molecule has 1 heterocycles. The van der Waals surface area contributed by atoms with Crippen molar-refractivity contribution in [3.63, 3.8) is 0 Å². The van der Waals surface area contributed by atoms with Gasteiger partial charge in [0.15, 0.2) is 0 Å². The first-order valence-corrected chi connectivity index (χ1v) is 5.24. The van der Waals surface area contributed by atoms with Gasteiger partial charge in [-0.05, 0) is 24.3 Å². The van der Waals surface area contributed by atoms with Gasteiger partial charge in [0.2, 0.25) is 0 Å². The molecule has 17 heavy (non-hydrogen) atoms. The van der Waals surface area contributed by atoms with Crippen LogP contribution >= 0.6 is 11.6 Å². The van der Waals surface area contributed by atoms with Gasteiger partial charge in [0.25, 0.3) is 5.91 Å². The number of aromatic nitrogens is 1. The number of phenols is 1. The summed E-state index contributed by atoms with van der Waals surface area (Å²) in [6.45, 7) is 0. The molecule has 2 rings (SSSR count). The van der Waals surface area contributed by atoms with Crippen LogP contribution in [0, 0.1) is 0 Å². The van der Waals surface area contributed by atoms with E-state index < -0.39 is 0 Å². The highest BCUT2D eigenvalue weighted by Gasteiger charge is 2.08. The number of aromatic hydroxyl groups is 1. The van der Waals surface area contributed by atoms with Gasteiger partial charge in [0.05, 0.1) is 16.3 Å². The molecule has 0 bridgehead atoms. The zero-order valence-corrected chi connectivity index (χ0v) is 9.48. The minimum Gasteiger partial charge on any atom is -0.508 e. The third-order valence-corrected chi connectivity index (χ3v) is 2.44. The Bertz CT molecular complexity index is 543. The van der Waals surface area contributed by atoms with Gasteiger partial charge in [-0.2, -0.15) is 0 Å². The number of benzene rings is 1. The second-order valence-corrected chi connectivity index (χ2v) is 3.77. The number of nitrogens with zero attached hydrogens (tertiary/aromatic N) is 1. The van der Waals surface area contributed by atoms with Crippen LogP contribution in [0.15, 0.2) is 42.7 Å². The van der Waals surface area contributed by atoms with E-state index in [9.17, 15) is 9.90 Å². The van der Waals surface area contributed by atoms with E-state index >= 15 is 0 Å². The Morgan fingerprint density at radius 3 is 2.82 bits per heavy atom. The standard InChI is InChI=1S/C12H9ClN2O2/c13-10-6-9(16)3-4-11(10)15-12(17)8-2-1-5-14-7-8/h1-7,16H,(H,15,17). The predicted octanol–water partition coefficient (Wildman–Crippen LogP) is 2.69. The lowest BCUT2D eigenvalue weighted by Gasteiger charge is -2.07. The van der Waals surface area contributed by atoms with Crippen molar-refractivity contribution in [3.8, 4) is 5.75 Å². The summed E-state index contributed by atoms with van der Waals surface area (Å²) < 4.78 is 0. The largest absolute Gasteiger partial charge is 0.508 e. The number of anilines is 1. The molecular formula is C12H9ClN2O2. The van der Waals surface area contributed by atoms with Crippen molar-refractivity contribution >= 4 is 23.2 Å². The minimum atomic E-state index is -0.300. The number of amides is 1. The summed E-state index contributed by atoms with van der Waals surface area (Å²) in [5.41, 5.74) is 0.884. The SMILES string of the molecule is O=C(Nc1ccc(O)cc1Cl)c1cccnc1. The summed E-state index contributed by atoms with van der Waals surface area (Å²) in [4.78, 5) is 15.6. The predicted molar refractivity (Wildman–Crippen MR) is 65.3 cm³/mol. The van der Waals surface area contributed by atoms with E-state index in [-0.39, 0.29) is 16.7 Å². The summed E-state index contributed by atoms with van der Waals surface area (Å²) in [5, 5.41) is 12.1. The minimum absolute atomic E-state index is 0.0503. The number of carbonyl (C=O) groups excluding carboxylic acids is 1. The van der Waals surface area contributed by atoms with E-state index in [1.54, 1.807) is 18.3 Å². The highest BCUT2D eigenvalue weighted by atomic mass is 35.5. The zero-order chi connectivity index (χ0) is 12.3. The maximum Gasteiger partial charge on any atom is 0.257 e. The molecule has 2 aromatic rings. The highest BCUT2D eigenvalue weighted by molar-refractivity contribution is 6.34. The van der Waals surface area contributed by atoms with Gasteiger partial charge in [-0.15, -0.1) is 0 Å². The first kappa shape index (κ1) is 11.4. The fourth-order valence-electron chi connectivity index (χ4n) is 1.30. The van der Waals surface area contributed by atoms with E-state index in [2.05, 4.69) is 10.3 Å².